The summed E-state index contributed by atoms with van der Waals surface area (Å²) in [6, 6.07) is 3.17. The molecular weight excluding hydrogens is 280 g/mol. The zero-order valence-corrected chi connectivity index (χ0v) is 12.8. The number of carbonyl (C=O) groups is 1. The summed E-state index contributed by atoms with van der Waals surface area (Å²) < 4.78 is 10.9. The van der Waals surface area contributed by atoms with Gasteiger partial charge in [-0.25, -0.2) is 0 Å². The fourth-order valence-corrected chi connectivity index (χ4v) is 1.79. The maximum Gasteiger partial charge on any atom is 0.251 e. The molecule has 0 aliphatic rings. The maximum absolute atomic E-state index is 11.9. The highest BCUT2D eigenvalue weighted by Gasteiger charge is 2.16. The van der Waals surface area contributed by atoms with Gasteiger partial charge >= 0.3 is 0 Å². The Kier molecular flexibility index (Phi) is 6.61. The van der Waals surface area contributed by atoms with Crippen LogP contribution in [0.25, 0.3) is 0 Å². The van der Waals surface area contributed by atoms with Crippen molar-refractivity contribution in [1.82, 2.24) is 5.32 Å². The van der Waals surface area contributed by atoms with E-state index in [1.807, 2.05) is 13.8 Å². The van der Waals surface area contributed by atoms with Gasteiger partial charge < -0.3 is 20.5 Å². The van der Waals surface area contributed by atoms with E-state index in [2.05, 4.69) is 5.32 Å². The standard InChI is InChI=1S/C14H21ClN2O3/c1-9(2)8-20-13-11(15)6-10(7-12(13)19-3)14(18)17-5-4-16/h6-7,9H,4-5,8,16H2,1-3H3,(H,17,18). The van der Waals surface area contributed by atoms with Gasteiger partial charge in [-0.2, -0.15) is 0 Å². The summed E-state index contributed by atoms with van der Waals surface area (Å²) in [7, 11) is 1.51. The van der Waals surface area contributed by atoms with E-state index in [1.54, 1.807) is 12.1 Å². The maximum atomic E-state index is 11.9. The lowest BCUT2D eigenvalue weighted by Gasteiger charge is -2.15. The second-order valence-corrected chi connectivity index (χ2v) is 5.15. The fraction of sp³-hybridized carbons (Fsp3) is 0.500. The minimum Gasteiger partial charge on any atom is -0.493 e. The molecule has 0 aliphatic carbocycles. The highest BCUT2D eigenvalue weighted by atomic mass is 35.5. The molecule has 0 bridgehead atoms. The molecule has 6 heteroatoms. The first-order valence-electron chi connectivity index (χ1n) is 6.48. The minimum atomic E-state index is -0.244. The van der Waals surface area contributed by atoms with Gasteiger partial charge in [-0.15, -0.1) is 0 Å². The lowest BCUT2D eigenvalue weighted by Crippen LogP contribution is -2.29. The van der Waals surface area contributed by atoms with Gasteiger partial charge in [0.05, 0.1) is 18.7 Å². The van der Waals surface area contributed by atoms with Crippen molar-refractivity contribution in [2.45, 2.75) is 13.8 Å². The number of hydrogen-bond donors (Lipinski definition) is 2. The Morgan fingerprint density at radius 3 is 2.70 bits per heavy atom. The Labute approximate surface area is 124 Å². The molecule has 0 heterocycles. The lowest BCUT2D eigenvalue weighted by atomic mass is 10.2. The van der Waals surface area contributed by atoms with Crippen LogP contribution in [0.5, 0.6) is 11.5 Å². The molecule has 1 aromatic carbocycles. The third kappa shape index (κ3) is 4.58. The Balaban J connectivity index is 2.97. The van der Waals surface area contributed by atoms with Gasteiger partial charge in [0.1, 0.15) is 0 Å². The third-order valence-electron chi connectivity index (χ3n) is 2.48. The molecule has 0 atom stereocenters. The van der Waals surface area contributed by atoms with Gasteiger partial charge in [-0.3, -0.25) is 4.79 Å². The molecule has 0 saturated carbocycles. The molecule has 1 aromatic rings. The molecule has 0 aliphatic heterocycles. The summed E-state index contributed by atoms with van der Waals surface area (Å²) in [6.45, 7) is 5.38. The summed E-state index contributed by atoms with van der Waals surface area (Å²) in [5.41, 5.74) is 5.76. The second-order valence-electron chi connectivity index (χ2n) is 4.74. The zero-order valence-electron chi connectivity index (χ0n) is 12.0. The molecule has 1 amide bonds. The van der Waals surface area contributed by atoms with Crippen molar-refractivity contribution < 1.29 is 14.3 Å². The average Bonchev–Trinajstić information content (AvgIpc) is 2.42. The number of amides is 1. The first-order chi connectivity index (χ1) is 9.49. The van der Waals surface area contributed by atoms with Crippen molar-refractivity contribution >= 4 is 17.5 Å². The second kappa shape index (κ2) is 7.97. The quantitative estimate of drug-likeness (QED) is 0.808. The van der Waals surface area contributed by atoms with Crippen molar-refractivity contribution in [3.63, 3.8) is 0 Å². The molecule has 0 fully saturated rings. The molecule has 20 heavy (non-hydrogen) atoms. The first kappa shape index (κ1) is 16.6. The highest BCUT2D eigenvalue weighted by Crippen LogP contribution is 2.36. The molecule has 112 valence electrons. The number of methoxy groups -OCH3 is 1. The van der Waals surface area contributed by atoms with Crippen LogP contribution in [0.2, 0.25) is 5.02 Å². The minimum absolute atomic E-state index is 0.244. The Morgan fingerprint density at radius 2 is 2.15 bits per heavy atom. The van der Waals surface area contributed by atoms with Crippen molar-refractivity contribution in [1.29, 1.82) is 0 Å². The SMILES string of the molecule is COc1cc(C(=O)NCCN)cc(Cl)c1OCC(C)C. The highest BCUT2D eigenvalue weighted by molar-refractivity contribution is 6.32. The number of ether oxygens (including phenoxy) is 2. The summed E-state index contributed by atoms with van der Waals surface area (Å²) in [5.74, 6) is 1.02. The van der Waals surface area contributed by atoms with Crippen molar-refractivity contribution in [3.8, 4) is 11.5 Å². The number of carbonyl (C=O) groups excluding carboxylic acids is 1. The Bertz CT molecular complexity index is 464. The van der Waals surface area contributed by atoms with Crippen molar-refractivity contribution in [2.75, 3.05) is 26.8 Å². The van der Waals surface area contributed by atoms with E-state index in [-0.39, 0.29) is 5.91 Å². The van der Waals surface area contributed by atoms with E-state index in [4.69, 9.17) is 26.8 Å². The van der Waals surface area contributed by atoms with Crippen LogP contribution in [-0.2, 0) is 0 Å². The van der Waals surface area contributed by atoms with Crippen LogP contribution in [0.3, 0.4) is 0 Å². The van der Waals surface area contributed by atoms with E-state index < -0.39 is 0 Å². The van der Waals surface area contributed by atoms with E-state index >= 15 is 0 Å². The van der Waals surface area contributed by atoms with E-state index in [1.165, 1.54) is 7.11 Å². The van der Waals surface area contributed by atoms with Gasteiger partial charge in [0.25, 0.3) is 5.91 Å². The first-order valence-corrected chi connectivity index (χ1v) is 6.86. The van der Waals surface area contributed by atoms with Crippen LogP contribution in [0, 0.1) is 5.92 Å². The lowest BCUT2D eigenvalue weighted by molar-refractivity contribution is 0.0954. The van der Waals surface area contributed by atoms with Crippen LogP contribution in [0.15, 0.2) is 12.1 Å². The van der Waals surface area contributed by atoms with E-state index in [0.29, 0.717) is 47.7 Å². The number of nitrogens with two attached hydrogens (primary N) is 1. The number of nitrogens with one attached hydrogen (secondary N) is 1. The van der Waals surface area contributed by atoms with E-state index in [0.717, 1.165) is 0 Å². The number of rotatable bonds is 7. The third-order valence-corrected chi connectivity index (χ3v) is 2.76. The van der Waals surface area contributed by atoms with Crippen molar-refractivity contribution in [2.24, 2.45) is 11.7 Å². The van der Waals surface area contributed by atoms with Crippen LogP contribution < -0.4 is 20.5 Å². The Morgan fingerprint density at radius 1 is 1.45 bits per heavy atom. The number of benzene rings is 1. The topological polar surface area (TPSA) is 73.6 Å². The molecule has 0 radical (unpaired) electrons. The molecule has 1 rings (SSSR count). The van der Waals surface area contributed by atoms with Crippen LogP contribution >= 0.6 is 11.6 Å². The van der Waals surface area contributed by atoms with Gasteiger partial charge in [0, 0.05) is 18.7 Å². The zero-order chi connectivity index (χ0) is 15.1. The molecule has 0 saturated heterocycles. The van der Waals surface area contributed by atoms with Gasteiger partial charge in [-0.05, 0) is 18.1 Å². The van der Waals surface area contributed by atoms with Gasteiger partial charge in [0.15, 0.2) is 11.5 Å². The van der Waals surface area contributed by atoms with Crippen LogP contribution in [0.4, 0.5) is 0 Å². The summed E-state index contributed by atoms with van der Waals surface area (Å²) in [4.78, 5) is 11.9. The van der Waals surface area contributed by atoms with Crippen LogP contribution in [-0.4, -0.2) is 32.7 Å². The largest absolute Gasteiger partial charge is 0.493 e. The molecular formula is C14H21ClN2O3. The normalized spacial score (nSPS) is 10.5. The number of hydrogen-bond acceptors (Lipinski definition) is 4. The molecule has 0 unspecified atom stereocenters. The molecule has 5 nitrogen and oxygen atoms in total. The van der Waals surface area contributed by atoms with Crippen LogP contribution in [0.1, 0.15) is 24.2 Å². The molecule has 0 aromatic heterocycles. The van der Waals surface area contributed by atoms with Crippen molar-refractivity contribution in [3.05, 3.63) is 22.7 Å². The summed E-state index contributed by atoms with van der Waals surface area (Å²) in [5, 5.41) is 3.03. The average molecular weight is 301 g/mol. The number of halogens is 1. The predicted octanol–water partition coefficient (Wildman–Crippen LogP) is 2.07. The smallest absolute Gasteiger partial charge is 0.251 e. The van der Waals surface area contributed by atoms with Gasteiger partial charge in [-0.1, -0.05) is 25.4 Å². The summed E-state index contributed by atoms with van der Waals surface area (Å²) in [6.07, 6.45) is 0. The Hall–Kier alpha value is -1.46. The molecule has 3 N–H and O–H groups in total. The monoisotopic (exact) mass is 300 g/mol. The van der Waals surface area contributed by atoms with Gasteiger partial charge in [0.2, 0.25) is 0 Å². The van der Waals surface area contributed by atoms with E-state index in [9.17, 15) is 4.79 Å². The predicted molar refractivity (Wildman–Crippen MR) is 79.7 cm³/mol. The fourth-order valence-electron chi connectivity index (χ4n) is 1.53. The molecule has 0 spiro atoms. The summed E-state index contributed by atoms with van der Waals surface area (Å²) >= 11 is 6.17.